The first kappa shape index (κ1) is 24.8. The number of benzene rings is 1. The Bertz CT molecular complexity index is 723. The Labute approximate surface area is 193 Å². The summed E-state index contributed by atoms with van der Waals surface area (Å²) in [6.45, 7) is 10.2. The van der Waals surface area contributed by atoms with E-state index in [1.54, 1.807) is 14.2 Å². The van der Waals surface area contributed by atoms with Crippen LogP contribution in [0.4, 0.5) is 0 Å². The molecule has 1 saturated heterocycles. The van der Waals surface area contributed by atoms with Crippen LogP contribution < -0.4 is 20.1 Å². The topological polar surface area (TPSA) is 72.1 Å². The van der Waals surface area contributed by atoms with Crippen LogP contribution in [0.3, 0.4) is 0 Å². The molecule has 1 amide bonds. The highest BCUT2D eigenvalue weighted by Gasteiger charge is 2.32. The summed E-state index contributed by atoms with van der Waals surface area (Å²) in [5, 5.41) is 7.18. The number of amides is 1. The summed E-state index contributed by atoms with van der Waals surface area (Å²) >= 11 is 0. The van der Waals surface area contributed by atoms with Crippen LogP contribution in [0.5, 0.6) is 11.5 Å². The molecule has 2 aliphatic rings. The highest BCUT2D eigenvalue weighted by molar-refractivity contribution is 5.95. The zero-order chi connectivity index (χ0) is 22.9. The van der Waals surface area contributed by atoms with Crippen LogP contribution in [0.25, 0.3) is 0 Å². The van der Waals surface area contributed by atoms with Gasteiger partial charge in [0.05, 0.1) is 13.7 Å². The molecular weight excluding hydrogens is 406 g/mol. The van der Waals surface area contributed by atoms with Gasteiger partial charge in [-0.25, -0.2) is 0 Å². The summed E-state index contributed by atoms with van der Waals surface area (Å²) < 4.78 is 16.4. The molecule has 180 valence electrons. The fourth-order valence-electron chi connectivity index (χ4n) is 4.29. The number of nitrogens with one attached hydrogen (secondary N) is 2. The molecule has 1 aliphatic carbocycles. The minimum absolute atomic E-state index is 0.0426. The van der Waals surface area contributed by atoms with Crippen molar-refractivity contribution in [2.24, 2.45) is 17.8 Å². The molecule has 0 aromatic heterocycles. The van der Waals surface area contributed by atoms with E-state index in [4.69, 9.17) is 14.2 Å². The second-order valence-electron chi connectivity index (χ2n) is 9.39. The first-order valence-electron chi connectivity index (χ1n) is 12.1. The van der Waals surface area contributed by atoms with Crippen molar-refractivity contribution < 1.29 is 19.0 Å². The standard InChI is InChI=1S/C25H41N3O4/c1-18(2)28(17-22-16-27-15-21(22)14-26-13-19-6-7-19)25(29)20-8-9-23(31-4)24(12-20)32-11-5-10-30-3/h8-9,12,18-19,21-22,26-27H,5-7,10-11,13-17H2,1-4H3/t21-,22-/m0/s1. The lowest BCUT2D eigenvalue weighted by atomic mass is 9.94. The van der Waals surface area contributed by atoms with Crippen LogP contribution in [-0.4, -0.2) is 77.0 Å². The Morgan fingerprint density at radius 1 is 1.12 bits per heavy atom. The summed E-state index contributed by atoms with van der Waals surface area (Å²) in [6.07, 6.45) is 3.52. The number of carbonyl (C=O) groups is 1. The Balaban J connectivity index is 1.64. The molecule has 1 aromatic rings. The van der Waals surface area contributed by atoms with Gasteiger partial charge in [0.2, 0.25) is 0 Å². The average molecular weight is 448 g/mol. The van der Waals surface area contributed by atoms with Crippen molar-refractivity contribution in [1.82, 2.24) is 15.5 Å². The van der Waals surface area contributed by atoms with Crippen molar-refractivity contribution in [3.63, 3.8) is 0 Å². The van der Waals surface area contributed by atoms with Crippen LogP contribution in [-0.2, 0) is 4.74 Å². The Kier molecular flexibility index (Phi) is 9.63. The summed E-state index contributed by atoms with van der Waals surface area (Å²) in [5.41, 5.74) is 0.635. The van der Waals surface area contributed by atoms with Crippen molar-refractivity contribution in [2.75, 3.05) is 60.2 Å². The highest BCUT2D eigenvalue weighted by Crippen LogP contribution is 2.30. The normalized spacial score (nSPS) is 20.5. The Morgan fingerprint density at radius 3 is 2.59 bits per heavy atom. The monoisotopic (exact) mass is 447 g/mol. The van der Waals surface area contributed by atoms with Crippen molar-refractivity contribution >= 4 is 5.91 Å². The van der Waals surface area contributed by atoms with E-state index in [1.807, 2.05) is 23.1 Å². The molecule has 1 heterocycles. The molecule has 1 aliphatic heterocycles. The first-order chi connectivity index (χ1) is 15.5. The second-order valence-corrected chi connectivity index (χ2v) is 9.39. The summed E-state index contributed by atoms with van der Waals surface area (Å²) in [4.78, 5) is 15.5. The number of methoxy groups -OCH3 is 2. The molecule has 2 atom stereocenters. The van der Waals surface area contributed by atoms with Crippen LogP contribution in [0.1, 0.15) is 43.5 Å². The molecule has 0 spiro atoms. The molecule has 1 saturated carbocycles. The van der Waals surface area contributed by atoms with Gasteiger partial charge < -0.3 is 29.7 Å². The summed E-state index contributed by atoms with van der Waals surface area (Å²) in [5.74, 6) is 3.17. The minimum Gasteiger partial charge on any atom is -0.493 e. The molecule has 7 heteroatoms. The Morgan fingerprint density at radius 2 is 1.91 bits per heavy atom. The quantitative estimate of drug-likeness (QED) is 0.428. The smallest absolute Gasteiger partial charge is 0.254 e. The van der Waals surface area contributed by atoms with Gasteiger partial charge in [0.25, 0.3) is 5.91 Å². The number of rotatable bonds is 14. The van der Waals surface area contributed by atoms with E-state index >= 15 is 0 Å². The van der Waals surface area contributed by atoms with Crippen molar-refractivity contribution in [3.05, 3.63) is 23.8 Å². The summed E-state index contributed by atoms with van der Waals surface area (Å²) in [6, 6.07) is 5.58. The zero-order valence-electron chi connectivity index (χ0n) is 20.2. The number of nitrogens with zero attached hydrogens (tertiary/aromatic N) is 1. The molecule has 0 radical (unpaired) electrons. The molecule has 2 N–H and O–H groups in total. The predicted molar refractivity (Wildman–Crippen MR) is 127 cm³/mol. The Hall–Kier alpha value is -1.83. The zero-order valence-corrected chi connectivity index (χ0v) is 20.2. The fraction of sp³-hybridized carbons (Fsp3) is 0.720. The third-order valence-corrected chi connectivity index (χ3v) is 6.49. The molecule has 32 heavy (non-hydrogen) atoms. The van der Waals surface area contributed by atoms with Crippen molar-refractivity contribution in [3.8, 4) is 11.5 Å². The fourth-order valence-corrected chi connectivity index (χ4v) is 4.29. The highest BCUT2D eigenvalue weighted by atomic mass is 16.5. The van der Waals surface area contributed by atoms with Crippen LogP contribution in [0.15, 0.2) is 18.2 Å². The molecule has 0 bridgehead atoms. The van der Waals surface area contributed by atoms with Crippen LogP contribution in [0, 0.1) is 17.8 Å². The van der Waals surface area contributed by atoms with Crippen molar-refractivity contribution in [2.45, 2.75) is 39.2 Å². The van der Waals surface area contributed by atoms with Gasteiger partial charge in [0, 0.05) is 44.8 Å². The molecular formula is C25H41N3O4. The minimum atomic E-state index is 0.0426. The molecule has 3 rings (SSSR count). The SMILES string of the molecule is COCCCOc1cc(C(=O)N(C[C@@H]2CNC[C@@H]2CNCC2CC2)C(C)C)ccc1OC. The largest absolute Gasteiger partial charge is 0.493 e. The van der Waals surface area contributed by atoms with Gasteiger partial charge in [-0.2, -0.15) is 0 Å². The van der Waals surface area contributed by atoms with Crippen LogP contribution >= 0.6 is 0 Å². The second kappa shape index (κ2) is 12.4. The molecule has 7 nitrogen and oxygen atoms in total. The maximum Gasteiger partial charge on any atom is 0.254 e. The maximum atomic E-state index is 13.5. The van der Waals surface area contributed by atoms with E-state index in [0.29, 0.717) is 42.1 Å². The number of ether oxygens (including phenoxy) is 3. The van der Waals surface area contributed by atoms with Gasteiger partial charge >= 0.3 is 0 Å². The average Bonchev–Trinajstić information content (AvgIpc) is 3.51. The first-order valence-corrected chi connectivity index (χ1v) is 12.1. The number of carbonyl (C=O) groups excluding carboxylic acids is 1. The van der Waals surface area contributed by atoms with Gasteiger partial charge in [-0.3, -0.25) is 4.79 Å². The summed E-state index contributed by atoms with van der Waals surface area (Å²) in [7, 11) is 3.29. The lowest BCUT2D eigenvalue weighted by molar-refractivity contribution is 0.0661. The lowest BCUT2D eigenvalue weighted by Gasteiger charge is -2.32. The van der Waals surface area contributed by atoms with Gasteiger partial charge in [-0.15, -0.1) is 0 Å². The van der Waals surface area contributed by atoms with Crippen molar-refractivity contribution in [1.29, 1.82) is 0 Å². The van der Waals surface area contributed by atoms with Gasteiger partial charge in [-0.05, 0) is 82.3 Å². The van der Waals surface area contributed by atoms with Gasteiger partial charge in [-0.1, -0.05) is 0 Å². The maximum absolute atomic E-state index is 13.5. The van der Waals surface area contributed by atoms with E-state index in [2.05, 4.69) is 24.5 Å². The molecule has 2 fully saturated rings. The van der Waals surface area contributed by atoms with E-state index in [1.165, 1.54) is 12.8 Å². The lowest BCUT2D eigenvalue weighted by Crippen LogP contribution is -2.43. The van der Waals surface area contributed by atoms with Gasteiger partial charge in [0.15, 0.2) is 11.5 Å². The van der Waals surface area contributed by atoms with E-state index in [9.17, 15) is 4.79 Å². The molecule has 0 unspecified atom stereocenters. The molecule has 1 aromatic carbocycles. The van der Waals surface area contributed by atoms with E-state index < -0.39 is 0 Å². The predicted octanol–water partition coefficient (Wildman–Crippen LogP) is 2.80. The van der Waals surface area contributed by atoms with Gasteiger partial charge in [0.1, 0.15) is 0 Å². The number of hydrogen-bond acceptors (Lipinski definition) is 6. The third-order valence-electron chi connectivity index (χ3n) is 6.49. The third kappa shape index (κ3) is 7.09. The van der Waals surface area contributed by atoms with E-state index in [0.717, 1.165) is 45.1 Å². The number of hydrogen-bond donors (Lipinski definition) is 2. The van der Waals surface area contributed by atoms with E-state index in [-0.39, 0.29) is 11.9 Å². The van der Waals surface area contributed by atoms with Crippen LogP contribution in [0.2, 0.25) is 0 Å².